The van der Waals surface area contributed by atoms with E-state index in [2.05, 4.69) is 5.32 Å². The van der Waals surface area contributed by atoms with Crippen molar-refractivity contribution in [3.8, 4) is 0 Å². The number of halogens is 2. The Labute approximate surface area is 145 Å². The van der Waals surface area contributed by atoms with Crippen LogP contribution in [0, 0.1) is 6.92 Å². The van der Waals surface area contributed by atoms with E-state index in [1.165, 1.54) is 0 Å². The van der Waals surface area contributed by atoms with E-state index in [-0.39, 0.29) is 11.5 Å². The van der Waals surface area contributed by atoms with Gasteiger partial charge in [0.05, 0.1) is 10.0 Å². The summed E-state index contributed by atoms with van der Waals surface area (Å²) in [5.74, 6) is -0.184. The molecule has 0 aliphatic carbocycles. The topological polar surface area (TPSA) is 51.1 Å². The van der Waals surface area contributed by atoms with E-state index >= 15 is 0 Å². The van der Waals surface area contributed by atoms with E-state index in [9.17, 15) is 9.59 Å². The van der Waals surface area contributed by atoms with Crippen LogP contribution in [0.25, 0.3) is 0 Å². The van der Waals surface area contributed by atoms with Gasteiger partial charge in [0.2, 0.25) is 0 Å². The Morgan fingerprint density at radius 3 is 2.61 bits per heavy atom. The fourth-order valence-electron chi connectivity index (χ4n) is 2.25. The minimum absolute atomic E-state index is 0.00448. The summed E-state index contributed by atoms with van der Waals surface area (Å²) in [7, 11) is 0. The number of nitrogens with one attached hydrogen (secondary N) is 1. The molecule has 2 rings (SSSR count). The second kappa shape index (κ2) is 8.18. The summed E-state index contributed by atoms with van der Waals surface area (Å²) in [4.78, 5) is 23.7. The van der Waals surface area contributed by atoms with Crippen molar-refractivity contribution in [3.05, 3.63) is 68.1 Å². The van der Waals surface area contributed by atoms with Gasteiger partial charge in [-0.25, -0.2) is 0 Å². The van der Waals surface area contributed by atoms with Gasteiger partial charge in [-0.15, -0.1) is 0 Å². The Balaban J connectivity index is 1.78. The Morgan fingerprint density at radius 1 is 1.13 bits per heavy atom. The van der Waals surface area contributed by atoms with Crippen LogP contribution in [-0.2, 0) is 6.54 Å². The first-order valence-electron chi connectivity index (χ1n) is 7.39. The van der Waals surface area contributed by atoms with Gasteiger partial charge in [0, 0.05) is 30.4 Å². The first-order chi connectivity index (χ1) is 11.0. The Kier molecular flexibility index (Phi) is 6.25. The number of benzene rings is 1. The number of nitrogens with zero attached hydrogens (tertiary/aromatic N) is 1. The molecule has 0 spiro atoms. The molecule has 122 valence electrons. The van der Waals surface area contributed by atoms with E-state index in [0.717, 1.165) is 18.5 Å². The van der Waals surface area contributed by atoms with Gasteiger partial charge >= 0.3 is 0 Å². The normalized spacial score (nSPS) is 10.6. The molecule has 0 atom stereocenters. The zero-order valence-electron chi connectivity index (χ0n) is 12.8. The van der Waals surface area contributed by atoms with Crippen molar-refractivity contribution in [2.75, 3.05) is 6.54 Å². The number of carbonyl (C=O) groups is 1. The standard InChI is InChI=1S/C17H18Cl2N2O2/c1-12-5-4-6-16(22)21(12)10-3-2-9-20-17(23)13-7-8-14(18)15(19)11-13/h4-8,11H,2-3,9-10H2,1H3,(H,20,23). The zero-order chi connectivity index (χ0) is 16.8. The van der Waals surface area contributed by atoms with E-state index in [0.29, 0.717) is 28.7 Å². The Hall–Kier alpha value is -1.78. The molecule has 0 unspecified atom stereocenters. The smallest absolute Gasteiger partial charge is 0.251 e. The summed E-state index contributed by atoms with van der Waals surface area (Å²) >= 11 is 11.7. The molecular weight excluding hydrogens is 335 g/mol. The number of carbonyl (C=O) groups excluding carboxylic acids is 1. The van der Waals surface area contributed by atoms with Crippen molar-refractivity contribution in [1.29, 1.82) is 0 Å². The minimum atomic E-state index is -0.184. The van der Waals surface area contributed by atoms with E-state index < -0.39 is 0 Å². The summed E-state index contributed by atoms with van der Waals surface area (Å²) in [6.07, 6.45) is 1.60. The summed E-state index contributed by atoms with van der Waals surface area (Å²) < 4.78 is 1.74. The SMILES string of the molecule is Cc1cccc(=O)n1CCCCNC(=O)c1ccc(Cl)c(Cl)c1. The van der Waals surface area contributed by atoms with Crippen molar-refractivity contribution in [3.63, 3.8) is 0 Å². The first-order valence-corrected chi connectivity index (χ1v) is 8.14. The maximum absolute atomic E-state index is 12.0. The molecule has 0 aliphatic rings. The third-order valence-electron chi connectivity index (χ3n) is 3.54. The molecule has 2 aromatic rings. The number of amides is 1. The maximum Gasteiger partial charge on any atom is 0.251 e. The zero-order valence-corrected chi connectivity index (χ0v) is 14.3. The average Bonchev–Trinajstić information content (AvgIpc) is 2.52. The lowest BCUT2D eigenvalue weighted by Crippen LogP contribution is -2.25. The number of unbranched alkanes of at least 4 members (excludes halogenated alkanes) is 1. The lowest BCUT2D eigenvalue weighted by atomic mass is 10.2. The third kappa shape index (κ3) is 4.85. The highest BCUT2D eigenvalue weighted by Crippen LogP contribution is 2.22. The lowest BCUT2D eigenvalue weighted by Gasteiger charge is -2.09. The number of aryl methyl sites for hydroxylation is 1. The molecule has 4 nitrogen and oxygen atoms in total. The van der Waals surface area contributed by atoms with Crippen LogP contribution in [0.5, 0.6) is 0 Å². The maximum atomic E-state index is 12.0. The fraction of sp³-hybridized carbons (Fsp3) is 0.294. The number of aromatic nitrogens is 1. The van der Waals surface area contributed by atoms with Gasteiger partial charge < -0.3 is 9.88 Å². The second-order valence-corrected chi connectivity index (χ2v) is 6.06. The van der Waals surface area contributed by atoms with Crippen molar-refractivity contribution in [2.24, 2.45) is 0 Å². The van der Waals surface area contributed by atoms with Crippen LogP contribution in [0.15, 0.2) is 41.2 Å². The molecule has 0 bridgehead atoms. The largest absolute Gasteiger partial charge is 0.352 e. The molecule has 0 fully saturated rings. The van der Waals surface area contributed by atoms with Crippen molar-refractivity contribution in [1.82, 2.24) is 9.88 Å². The van der Waals surface area contributed by atoms with Crippen LogP contribution in [-0.4, -0.2) is 17.0 Å². The van der Waals surface area contributed by atoms with Gasteiger partial charge in [0.25, 0.3) is 11.5 Å². The summed E-state index contributed by atoms with van der Waals surface area (Å²) in [5, 5.41) is 3.62. The number of hydrogen-bond donors (Lipinski definition) is 1. The van der Waals surface area contributed by atoms with Crippen LogP contribution in [0.3, 0.4) is 0 Å². The lowest BCUT2D eigenvalue weighted by molar-refractivity contribution is 0.0953. The molecule has 0 saturated carbocycles. The van der Waals surface area contributed by atoms with Gasteiger partial charge in [-0.3, -0.25) is 9.59 Å². The Bertz CT molecular complexity index is 756. The van der Waals surface area contributed by atoms with Crippen molar-refractivity contribution in [2.45, 2.75) is 26.3 Å². The average molecular weight is 353 g/mol. The van der Waals surface area contributed by atoms with Gasteiger partial charge in [0.1, 0.15) is 0 Å². The van der Waals surface area contributed by atoms with E-state index in [4.69, 9.17) is 23.2 Å². The Morgan fingerprint density at radius 2 is 1.91 bits per heavy atom. The van der Waals surface area contributed by atoms with Crippen LogP contribution in [0.2, 0.25) is 10.0 Å². The van der Waals surface area contributed by atoms with Crippen LogP contribution < -0.4 is 10.9 Å². The van der Waals surface area contributed by atoms with Gasteiger partial charge in [-0.1, -0.05) is 29.3 Å². The van der Waals surface area contributed by atoms with Gasteiger partial charge in [-0.2, -0.15) is 0 Å². The fourth-order valence-corrected chi connectivity index (χ4v) is 2.54. The number of pyridine rings is 1. The summed E-state index contributed by atoms with van der Waals surface area (Å²) in [5.41, 5.74) is 1.43. The van der Waals surface area contributed by atoms with Crippen molar-refractivity contribution < 1.29 is 4.79 Å². The van der Waals surface area contributed by atoms with Gasteiger partial charge in [0.15, 0.2) is 0 Å². The molecule has 1 heterocycles. The molecule has 0 saturated heterocycles. The van der Waals surface area contributed by atoms with Crippen molar-refractivity contribution >= 4 is 29.1 Å². The highest BCUT2D eigenvalue weighted by molar-refractivity contribution is 6.42. The summed E-state index contributed by atoms with van der Waals surface area (Å²) in [6.45, 7) is 3.10. The second-order valence-electron chi connectivity index (χ2n) is 5.25. The molecular formula is C17H18Cl2N2O2. The molecule has 1 aromatic heterocycles. The third-order valence-corrected chi connectivity index (χ3v) is 4.28. The number of rotatable bonds is 6. The molecule has 1 aromatic carbocycles. The molecule has 23 heavy (non-hydrogen) atoms. The van der Waals surface area contributed by atoms with Crippen LogP contribution in [0.4, 0.5) is 0 Å². The predicted octanol–water partition coefficient (Wildman–Crippen LogP) is 3.67. The van der Waals surface area contributed by atoms with E-state index in [1.807, 2.05) is 13.0 Å². The molecule has 0 radical (unpaired) electrons. The first kappa shape index (κ1) is 17.6. The minimum Gasteiger partial charge on any atom is -0.352 e. The molecule has 0 aliphatic heterocycles. The quantitative estimate of drug-likeness (QED) is 0.806. The van der Waals surface area contributed by atoms with Crippen LogP contribution in [0.1, 0.15) is 28.9 Å². The molecule has 1 amide bonds. The monoisotopic (exact) mass is 352 g/mol. The molecule has 6 heteroatoms. The molecule has 1 N–H and O–H groups in total. The van der Waals surface area contributed by atoms with Crippen LogP contribution >= 0.6 is 23.2 Å². The highest BCUT2D eigenvalue weighted by atomic mass is 35.5. The number of hydrogen-bond acceptors (Lipinski definition) is 2. The highest BCUT2D eigenvalue weighted by Gasteiger charge is 2.07. The summed E-state index contributed by atoms with van der Waals surface area (Å²) in [6, 6.07) is 10.0. The van der Waals surface area contributed by atoms with Gasteiger partial charge in [-0.05, 0) is 44.0 Å². The predicted molar refractivity (Wildman–Crippen MR) is 93.5 cm³/mol. The van der Waals surface area contributed by atoms with E-state index in [1.54, 1.807) is 34.9 Å².